The molecule has 1 aliphatic heterocycles. The summed E-state index contributed by atoms with van der Waals surface area (Å²) in [4.78, 5) is 32.8. The van der Waals surface area contributed by atoms with Gasteiger partial charge in [-0.3, -0.25) is 14.6 Å². The molecule has 2 heterocycles. The summed E-state index contributed by atoms with van der Waals surface area (Å²) in [5, 5.41) is 2.88. The zero-order chi connectivity index (χ0) is 20.5. The number of benzene rings is 1. The second-order valence-corrected chi connectivity index (χ2v) is 6.96. The SMILES string of the molecule is CCN(CC(=O)Nc1ccc(N2CCOCC2)cc1)C(=O)CCc1cccnc1. The zero-order valence-electron chi connectivity index (χ0n) is 16.8. The van der Waals surface area contributed by atoms with Crippen molar-refractivity contribution < 1.29 is 14.3 Å². The van der Waals surface area contributed by atoms with Gasteiger partial charge in [-0.1, -0.05) is 6.07 Å². The topological polar surface area (TPSA) is 74.8 Å². The third-order valence-corrected chi connectivity index (χ3v) is 4.95. The van der Waals surface area contributed by atoms with Crippen molar-refractivity contribution in [2.45, 2.75) is 19.8 Å². The van der Waals surface area contributed by atoms with Crippen molar-refractivity contribution in [3.8, 4) is 0 Å². The Morgan fingerprint density at radius 2 is 1.93 bits per heavy atom. The van der Waals surface area contributed by atoms with Crippen LogP contribution in [0.2, 0.25) is 0 Å². The Morgan fingerprint density at radius 3 is 2.59 bits per heavy atom. The van der Waals surface area contributed by atoms with Crippen LogP contribution >= 0.6 is 0 Å². The van der Waals surface area contributed by atoms with Crippen molar-refractivity contribution >= 4 is 23.2 Å². The number of likely N-dealkylation sites (N-methyl/N-ethyl adjacent to an activating group) is 1. The summed E-state index contributed by atoms with van der Waals surface area (Å²) in [5.41, 5.74) is 2.86. The van der Waals surface area contributed by atoms with Crippen molar-refractivity contribution in [2.75, 3.05) is 49.6 Å². The number of pyridine rings is 1. The number of nitrogens with one attached hydrogen (secondary N) is 1. The van der Waals surface area contributed by atoms with E-state index < -0.39 is 0 Å². The molecular formula is C22H28N4O3. The highest BCUT2D eigenvalue weighted by molar-refractivity contribution is 5.94. The number of morpholine rings is 1. The number of hydrogen-bond donors (Lipinski definition) is 1. The van der Waals surface area contributed by atoms with Crippen LogP contribution in [0.3, 0.4) is 0 Å². The number of nitrogens with zero attached hydrogens (tertiary/aromatic N) is 3. The van der Waals surface area contributed by atoms with E-state index in [1.54, 1.807) is 17.3 Å². The first-order chi connectivity index (χ1) is 14.2. The third kappa shape index (κ3) is 6.29. The van der Waals surface area contributed by atoms with E-state index in [9.17, 15) is 9.59 Å². The van der Waals surface area contributed by atoms with Crippen LogP contribution in [0.1, 0.15) is 18.9 Å². The normalized spacial score (nSPS) is 13.8. The van der Waals surface area contributed by atoms with Crippen LogP contribution in [0.4, 0.5) is 11.4 Å². The average molecular weight is 396 g/mol. The number of hydrogen-bond acceptors (Lipinski definition) is 5. The predicted molar refractivity (Wildman–Crippen MR) is 113 cm³/mol. The summed E-state index contributed by atoms with van der Waals surface area (Å²) in [6, 6.07) is 11.6. The lowest BCUT2D eigenvalue weighted by Gasteiger charge is -2.29. The van der Waals surface area contributed by atoms with Crippen molar-refractivity contribution in [3.05, 3.63) is 54.4 Å². The molecule has 1 aliphatic rings. The third-order valence-electron chi connectivity index (χ3n) is 4.95. The summed E-state index contributed by atoms with van der Waals surface area (Å²) in [6.45, 7) is 5.65. The largest absolute Gasteiger partial charge is 0.378 e. The number of amides is 2. The Labute approximate surface area is 171 Å². The Kier molecular flexibility index (Phi) is 7.58. The summed E-state index contributed by atoms with van der Waals surface area (Å²) in [7, 11) is 0. The molecule has 2 amide bonds. The van der Waals surface area contributed by atoms with E-state index in [1.165, 1.54) is 0 Å². The summed E-state index contributed by atoms with van der Waals surface area (Å²) >= 11 is 0. The Bertz CT molecular complexity index is 789. The molecule has 7 heteroatoms. The molecule has 154 valence electrons. The molecule has 0 radical (unpaired) electrons. The lowest BCUT2D eigenvalue weighted by atomic mass is 10.1. The first-order valence-electron chi connectivity index (χ1n) is 10.0. The van der Waals surface area contributed by atoms with Gasteiger partial charge in [0, 0.05) is 49.8 Å². The second-order valence-electron chi connectivity index (χ2n) is 6.96. The van der Waals surface area contributed by atoms with E-state index in [1.807, 2.05) is 43.3 Å². The van der Waals surface area contributed by atoms with E-state index >= 15 is 0 Å². The van der Waals surface area contributed by atoms with Gasteiger partial charge in [-0.2, -0.15) is 0 Å². The maximum atomic E-state index is 12.5. The first-order valence-corrected chi connectivity index (χ1v) is 10.0. The first kappa shape index (κ1) is 20.8. The Morgan fingerprint density at radius 1 is 1.17 bits per heavy atom. The van der Waals surface area contributed by atoms with Crippen LogP contribution in [0.5, 0.6) is 0 Å². The number of anilines is 2. The highest BCUT2D eigenvalue weighted by atomic mass is 16.5. The van der Waals surface area contributed by atoms with Gasteiger partial charge in [0.05, 0.1) is 19.8 Å². The number of carbonyl (C=O) groups is 2. The van der Waals surface area contributed by atoms with Crippen molar-refractivity contribution in [1.82, 2.24) is 9.88 Å². The molecule has 0 aliphatic carbocycles. The molecule has 0 spiro atoms. The molecule has 0 saturated carbocycles. The standard InChI is InChI=1S/C22H28N4O3/c1-2-25(22(28)10-5-18-4-3-11-23-16-18)17-21(27)24-19-6-8-20(9-7-19)26-12-14-29-15-13-26/h3-4,6-9,11,16H,2,5,10,12-15,17H2,1H3,(H,24,27). The minimum atomic E-state index is -0.194. The Balaban J connectivity index is 1.48. The highest BCUT2D eigenvalue weighted by Gasteiger charge is 2.16. The van der Waals surface area contributed by atoms with Crippen LogP contribution < -0.4 is 10.2 Å². The monoisotopic (exact) mass is 396 g/mol. The molecule has 0 atom stereocenters. The summed E-state index contributed by atoms with van der Waals surface area (Å²) in [5.74, 6) is -0.227. The van der Waals surface area contributed by atoms with Gasteiger partial charge in [0.1, 0.15) is 0 Å². The predicted octanol–water partition coefficient (Wildman–Crippen LogP) is 2.34. The molecule has 0 bridgehead atoms. The fraction of sp³-hybridized carbons (Fsp3) is 0.409. The number of carbonyl (C=O) groups excluding carboxylic acids is 2. The van der Waals surface area contributed by atoms with E-state index in [0.717, 1.165) is 43.2 Å². The summed E-state index contributed by atoms with van der Waals surface area (Å²) in [6.07, 6.45) is 4.45. The zero-order valence-corrected chi connectivity index (χ0v) is 16.8. The van der Waals surface area contributed by atoms with E-state index in [4.69, 9.17) is 4.74 Å². The van der Waals surface area contributed by atoms with Gasteiger partial charge < -0.3 is 19.9 Å². The molecule has 1 fully saturated rings. The van der Waals surface area contributed by atoms with Crippen LogP contribution in [-0.4, -0.2) is 61.1 Å². The maximum Gasteiger partial charge on any atom is 0.243 e. The van der Waals surface area contributed by atoms with Crippen molar-refractivity contribution in [3.63, 3.8) is 0 Å². The van der Waals surface area contributed by atoms with Gasteiger partial charge in [0.25, 0.3) is 0 Å². The minimum absolute atomic E-state index is 0.0332. The molecule has 0 unspecified atom stereocenters. The van der Waals surface area contributed by atoms with Crippen molar-refractivity contribution in [2.24, 2.45) is 0 Å². The highest BCUT2D eigenvalue weighted by Crippen LogP contribution is 2.19. The van der Waals surface area contributed by atoms with E-state index in [-0.39, 0.29) is 18.4 Å². The maximum absolute atomic E-state index is 12.5. The van der Waals surface area contributed by atoms with Gasteiger partial charge in [0.2, 0.25) is 11.8 Å². The fourth-order valence-electron chi connectivity index (χ4n) is 3.28. The average Bonchev–Trinajstić information content (AvgIpc) is 2.77. The molecule has 3 rings (SSSR count). The summed E-state index contributed by atoms with van der Waals surface area (Å²) < 4.78 is 5.37. The molecule has 1 N–H and O–H groups in total. The van der Waals surface area contributed by atoms with Gasteiger partial charge in [-0.15, -0.1) is 0 Å². The van der Waals surface area contributed by atoms with Gasteiger partial charge in [-0.05, 0) is 49.2 Å². The molecule has 2 aromatic rings. The number of ether oxygens (including phenoxy) is 1. The van der Waals surface area contributed by atoms with Crippen LogP contribution in [0.15, 0.2) is 48.8 Å². The van der Waals surface area contributed by atoms with Crippen LogP contribution in [-0.2, 0) is 20.7 Å². The number of aryl methyl sites for hydroxylation is 1. The van der Waals surface area contributed by atoms with Crippen LogP contribution in [0.25, 0.3) is 0 Å². The molecule has 7 nitrogen and oxygen atoms in total. The van der Waals surface area contributed by atoms with Crippen LogP contribution in [0, 0.1) is 0 Å². The minimum Gasteiger partial charge on any atom is -0.378 e. The lowest BCUT2D eigenvalue weighted by molar-refractivity contribution is -0.134. The molecule has 29 heavy (non-hydrogen) atoms. The lowest BCUT2D eigenvalue weighted by Crippen LogP contribution is -2.38. The molecular weight excluding hydrogens is 368 g/mol. The van der Waals surface area contributed by atoms with Gasteiger partial charge >= 0.3 is 0 Å². The second kappa shape index (κ2) is 10.6. The molecule has 1 aromatic carbocycles. The molecule has 1 saturated heterocycles. The fourth-order valence-corrected chi connectivity index (χ4v) is 3.28. The van der Waals surface area contributed by atoms with Gasteiger partial charge in [-0.25, -0.2) is 0 Å². The molecule has 1 aromatic heterocycles. The van der Waals surface area contributed by atoms with Gasteiger partial charge in [0.15, 0.2) is 0 Å². The van der Waals surface area contributed by atoms with E-state index in [0.29, 0.717) is 19.4 Å². The quantitative estimate of drug-likeness (QED) is 0.741. The number of rotatable bonds is 8. The Hall–Kier alpha value is -2.93. The van der Waals surface area contributed by atoms with Crippen molar-refractivity contribution in [1.29, 1.82) is 0 Å². The number of aromatic nitrogens is 1. The smallest absolute Gasteiger partial charge is 0.243 e. The van der Waals surface area contributed by atoms with E-state index in [2.05, 4.69) is 15.2 Å².